The molecule has 0 saturated heterocycles. The van der Waals surface area contributed by atoms with Crippen molar-refractivity contribution in [1.82, 2.24) is 25.0 Å². The Morgan fingerprint density at radius 3 is 2.81 bits per heavy atom. The Labute approximate surface area is 182 Å². The Kier molecular flexibility index (Phi) is 6.32. The van der Waals surface area contributed by atoms with Crippen LogP contribution >= 0.6 is 0 Å². The first-order valence-corrected chi connectivity index (χ1v) is 10.7. The zero-order valence-electron chi connectivity index (χ0n) is 18.3. The van der Waals surface area contributed by atoms with Crippen molar-refractivity contribution >= 4 is 12.0 Å². The fourth-order valence-corrected chi connectivity index (χ4v) is 4.05. The molecular formula is C24H29N5O2. The van der Waals surface area contributed by atoms with Crippen molar-refractivity contribution in [1.29, 1.82) is 0 Å². The van der Waals surface area contributed by atoms with Gasteiger partial charge in [-0.2, -0.15) is 0 Å². The minimum absolute atomic E-state index is 0.0862. The molecule has 7 nitrogen and oxygen atoms in total. The Morgan fingerprint density at radius 1 is 1.19 bits per heavy atom. The summed E-state index contributed by atoms with van der Waals surface area (Å²) in [6, 6.07) is 11.2. The molecule has 3 heterocycles. The number of hydrogen-bond acceptors (Lipinski definition) is 5. The molecule has 3 aromatic rings. The van der Waals surface area contributed by atoms with Crippen LogP contribution in [0.2, 0.25) is 0 Å². The normalized spacial score (nSPS) is 15.9. The minimum atomic E-state index is -0.222. The molecule has 7 heteroatoms. The van der Waals surface area contributed by atoms with E-state index in [0.29, 0.717) is 5.56 Å². The molecule has 2 aromatic heterocycles. The number of furan rings is 1. The fourth-order valence-electron chi connectivity index (χ4n) is 4.05. The maximum Gasteiger partial charge on any atom is 0.252 e. The van der Waals surface area contributed by atoms with Crippen LogP contribution in [0.3, 0.4) is 0 Å². The fraction of sp³-hybridized carbons (Fsp3) is 0.375. The molecule has 4 rings (SSSR count). The average molecular weight is 420 g/mol. The summed E-state index contributed by atoms with van der Waals surface area (Å²) in [6.45, 7) is 9.55. The predicted molar refractivity (Wildman–Crippen MR) is 120 cm³/mol. The van der Waals surface area contributed by atoms with Crippen LogP contribution in [-0.2, 0) is 13.0 Å². The number of nitrogens with one attached hydrogen (secondary N) is 1. The van der Waals surface area contributed by atoms with Crippen LogP contribution < -0.4 is 5.32 Å². The van der Waals surface area contributed by atoms with E-state index < -0.39 is 0 Å². The van der Waals surface area contributed by atoms with E-state index in [9.17, 15) is 4.79 Å². The number of benzene rings is 1. The van der Waals surface area contributed by atoms with Crippen molar-refractivity contribution < 1.29 is 9.21 Å². The molecule has 0 radical (unpaired) electrons. The first-order chi connectivity index (χ1) is 15.0. The lowest BCUT2D eigenvalue weighted by Gasteiger charge is -2.20. The van der Waals surface area contributed by atoms with Crippen LogP contribution in [0.25, 0.3) is 6.08 Å². The highest BCUT2D eigenvalue weighted by molar-refractivity contribution is 5.95. The molecule has 0 spiro atoms. The highest BCUT2D eigenvalue weighted by Gasteiger charge is 2.23. The Hall–Kier alpha value is -3.19. The number of amides is 1. The van der Waals surface area contributed by atoms with Crippen molar-refractivity contribution in [3.8, 4) is 0 Å². The molecule has 1 aliphatic rings. The lowest BCUT2D eigenvalue weighted by Crippen LogP contribution is -2.31. The van der Waals surface area contributed by atoms with Gasteiger partial charge in [-0.15, -0.1) is 10.2 Å². The third-order valence-electron chi connectivity index (χ3n) is 5.68. The summed E-state index contributed by atoms with van der Waals surface area (Å²) in [5.74, 6) is 2.57. The molecule has 0 aliphatic carbocycles. The Bertz CT molecular complexity index is 1070. The van der Waals surface area contributed by atoms with Crippen LogP contribution in [-0.4, -0.2) is 45.2 Å². The van der Waals surface area contributed by atoms with E-state index in [1.165, 1.54) is 5.57 Å². The number of aromatic nitrogens is 3. The molecule has 0 bridgehead atoms. The van der Waals surface area contributed by atoms with E-state index in [0.717, 1.165) is 55.6 Å². The molecule has 31 heavy (non-hydrogen) atoms. The van der Waals surface area contributed by atoms with E-state index in [-0.39, 0.29) is 11.9 Å². The third kappa shape index (κ3) is 4.94. The minimum Gasteiger partial charge on any atom is -0.465 e. The topological polar surface area (TPSA) is 76.2 Å². The second-order valence-corrected chi connectivity index (χ2v) is 8.17. The molecule has 1 aromatic carbocycles. The maximum absolute atomic E-state index is 12.7. The largest absolute Gasteiger partial charge is 0.465 e. The molecule has 1 N–H and O–H groups in total. The summed E-state index contributed by atoms with van der Waals surface area (Å²) in [6.07, 6.45) is 4.61. The lowest BCUT2D eigenvalue weighted by atomic mass is 10.1. The maximum atomic E-state index is 12.7. The number of carbonyl (C=O) groups is 1. The van der Waals surface area contributed by atoms with Gasteiger partial charge >= 0.3 is 0 Å². The van der Waals surface area contributed by atoms with Gasteiger partial charge in [0.2, 0.25) is 0 Å². The van der Waals surface area contributed by atoms with Crippen LogP contribution in [0.5, 0.6) is 0 Å². The summed E-state index contributed by atoms with van der Waals surface area (Å²) in [5.41, 5.74) is 2.91. The number of rotatable bonds is 6. The summed E-state index contributed by atoms with van der Waals surface area (Å²) < 4.78 is 7.58. The zero-order valence-corrected chi connectivity index (χ0v) is 18.3. The zero-order chi connectivity index (χ0) is 21.8. The smallest absolute Gasteiger partial charge is 0.252 e. The monoisotopic (exact) mass is 419 g/mol. The Balaban J connectivity index is 1.40. The number of aryl methyl sites for hydroxylation is 1. The molecular weight excluding hydrogens is 390 g/mol. The predicted octanol–water partition coefficient (Wildman–Crippen LogP) is 3.63. The van der Waals surface area contributed by atoms with Crippen LogP contribution in [0.15, 0.2) is 52.7 Å². The van der Waals surface area contributed by atoms with Crippen molar-refractivity contribution in [2.75, 3.05) is 19.6 Å². The van der Waals surface area contributed by atoms with Crippen LogP contribution in [0.4, 0.5) is 0 Å². The van der Waals surface area contributed by atoms with Gasteiger partial charge in [0.25, 0.3) is 5.91 Å². The third-order valence-corrected chi connectivity index (χ3v) is 5.68. The van der Waals surface area contributed by atoms with Gasteiger partial charge < -0.3 is 14.3 Å². The van der Waals surface area contributed by atoms with Crippen LogP contribution in [0.1, 0.15) is 53.2 Å². The second kappa shape index (κ2) is 9.31. The van der Waals surface area contributed by atoms with Gasteiger partial charge in [0.1, 0.15) is 11.6 Å². The van der Waals surface area contributed by atoms with E-state index in [2.05, 4.69) is 38.0 Å². The van der Waals surface area contributed by atoms with Gasteiger partial charge in [-0.25, -0.2) is 0 Å². The number of hydrogen-bond donors (Lipinski definition) is 1. The van der Waals surface area contributed by atoms with Crippen molar-refractivity contribution in [2.45, 2.75) is 39.8 Å². The SMILES string of the molecule is CC(=Cc1ccco1)CN1CCc2nnc(C(C)NC(=O)c3ccccc3C)n2CC1. The second-order valence-electron chi connectivity index (χ2n) is 8.17. The van der Waals surface area contributed by atoms with E-state index in [1.54, 1.807) is 6.26 Å². The van der Waals surface area contributed by atoms with Gasteiger partial charge in [0, 0.05) is 38.2 Å². The highest BCUT2D eigenvalue weighted by Crippen LogP contribution is 2.18. The lowest BCUT2D eigenvalue weighted by molar-refractivity contribution is 0.0937. The van der Waals surface area contributed by atoms with Crippen LogP contribution in [0, 0.1) is 6.92 Å². The molecule has 1 atom stereocenters. The quantitative estimate of drug-likeness (QED) is 0.660. The van der Waals surface area contributed by atoms with E-state index in [4.69, 9.17) is 4.42 Å². The summed E-state index contributed by atoms with van der Waals surface area (Å²) in [5, 5.41) is 11.9. The van der Waals surface area contributed by atoms with E-state index >= 15 is 0 Å². The number of carbonyl (C=O) groups excluding carboxylic acids is 1. The first kappa shape index (κ1) is 21.1. The molecule has 1 aliphatic heterocycles. The van der Waals surface area contributed by atoms with Gasteiger partial charge in [-0.1, -0.05) is 23.8 Å². The summed E-state index contributed by atoms with van der Waals surface area (Å²) >= 11 is 0. The van der Waals surface area contributed by atoms with Crippen molar-refractivity contribution in [3.63, 3.8) is 0 Å². The van der Waals surface area contributed by atoms with Crippen molar-refractivity contribution in [3.05, 3.63) is 76.8 Å². The molecule has 0 fully saturated rings. The molecule has 0 saturated carbocycles. The van der Waals surface area contributed by atoms with Gasteiger partial charge in [-0.05, 0) is 50.6 Å². The molecule has 1 amide bonds. The number of nitrogens with zero attached hydrogens (tertiary/aromatic N) is 4. The average Bonchev–Trinajstić information content (AvgIpc) is 3.35. The van der Waals surface area contributed by atoms with Gasteiger partial charge in [0.15, 0.2) is 5.82 Å². The molecule has 162 valence electrons. The van der Waals surface area contributed by atoms with Gasteiger partial charge in [-0.3, -0.25) is 9.69 Å². The van der Waals surface area contributed by atoms with Crippen molar-refractivity contribution in [2.24, 2.45) is 0 Å². The first-order valence-electron chi connectivity index (χ1n) is 10.7. The van der Waals surface area contributed by atoms with E-state index in [1.807, 2.05) is 50.2 Å². The highest BCUT2D eigenvalue weighted by atomic mass is 16.3. The van der Waals surface area contributed by atoms with Gasteiger partial charge in [0.05, 0.1) is 12.3 Å². The Morgan fingerprint density at radius 2 is 2.03 bits per heavy atom. The summed E-state index contributed by atoms with van der Waals surface area (Å²) in [7, 11) is 0. The number of fused-ring (bicyclic) bond motifs is 1. The molecule has 1 unspecified atom stereocenters. The summed E-state index contributed by atoms with van der Waals surface area (Å²) in [4.78, 5) is 15.1. The standard InChI is InChI=1S/C24H29N5O2/c1-17(15-20-8-6-14-31-20)16-28-11-10-22-26-27-23(29(22)13-12-28)19(3)25-24(30)21-9-5-4-7-18(21)2/h4-9,14-15,19H,10-13,16H2,1-3H3,(H,25,30).